The molecule has 0 radical (unpaired) electrons. The maximum atomic E-state index is 4.89. The first-order chi connectivity index (χ1) is 8.22. The summed E-state index contributed by atoms with van der Waals surface area (Å²) in [5.41, 5.74) is 1.46. The van der Waals surface area contributed by atoms with Crippen LogP contribution in [-0.4, -0.2) is 12.0 Å². The highest BCUT2D eigenvalue weighted by Crippen LogP contribution is 2.38. The summed E-state index contributed by atoms with van der Waals surface area (Å²) >= 11 is 1.90. The lowest BCUT2D eigenvalue weighted by atomic mass is 9.91. The quantitative estimate of drug-likeness (QED) is 0.828. The minimum Gasteiger partial charge on any atom is -0.308 e. The van der Waals surface area contributed by atoms with Crippen molar-refractivity contribution in [3.8, 4) is 0 Å². The molecule has 1 heterocycles. The smallest absolute Gasteiger partial charge is 0.113 e. The van der Waals surface area contributed by atoms with Crippen molar-refractivity contribution in [3.05, 3.63) is 15.6 Å². The van der Waals surface area contributed by atoms with E-state index < -0.39 is 0 Å². The predicted molar refractivity (Wildman–Crippen MR) is 74.7 cm³/mol. The van der Waals surface area contributed by atoms with Gasteiger partial charge in [0.1, 0.15) is 5.01 Å². The summed E-state index contributed by atoms with van der Waals surface area (Å²) in [7, 11) is 2.10. The highest BCUT2D eigenvalue weighted by Gasteiger charge is 2.34. The molecule has 1 aromatic heterocycles. The summed E-state index contributed by atoms with van der Waals surface area (Å²) in [5, 5.41) is 4.92. The SMILES string of the molecule is CCc1nc(C2(NC)CCCCCC2)sc1C. The Balaban J connectivity index is 2.31. The summed E-state index contributed by atoms with van der Waals surface area (Å²) in [5.74, 6) is 0. The van der Waals surface area contributed by atoms with Crippen molar-refractivity contribution in [3.63, 3.8) is 0 Å². The van der Waals surface area contributed by atoms with Gasteiger partial charge in [-0.1, -0.05) is 32.6 Å². The number of rotatable bonds is 3. The summed E-state index contributed by atoms with van der Waals surface area (Å²) in [6.07, 6.45) is 8.99. The number of aryl methyl sites for hydroxylation is 2. The van der Waals surface area contributed by atoms with Crippen molar-refractivity contribution in [2.24, 2.45) is 0 Å². The van der Waals surface area contributed by atoms with E-state index in [0.29, 0.717) is 0 Å². The lowest BCUT2D eigenvalue weighted by molar-refractivity contribution is 0.312. The van der Waals surface area contributed by atoms with Crippen LogP contribution in [0.15, 0.2) is 0 Å². The second kappa shape index (κ2) is 5.49. The van der Waals surface area contributed by atoms with E-state index in [4.69, 9.17) is 4.98 Å². The van der Waals surface area contributed by atoms with E-state index in [0.717, 1.165) is 6.42 Å². The van der Waals surface area contributed by atoms with Gasteiger partial charge in [0.15, 0.2) is 0 Å². The van der Waals surface area contributed by atoms with E-state index in [1.165, 1.54) is 54.1 Å². The molecule has 0 unspecified atom stereocenters. The van der Waals surface area contributed by atoms with Crippen LogP contribution in [0.25, 0.3) is 0 Å². The number of aromatic nitrogens is 1. The zero-order valence-corrected chi connectivity index (χ0v) is 12.1. The molecular weight excluding hydrogens is 228 g/mol. The topological polar surface area (TPSA) is 24.9 Å². The van der Waals surface area contributed by atoms with Crippen LogP contribution in [0, 0.1) is 6.92 Å². The van der Waals surface area contributed by atoms with E-state index >= 15 is 0 Å². The van der Waals surface area contributed by atoms with Gasteiger partial charge in [-0.05, 0) is 33.2 Å². The first kappa shape index (κ1) is 13.0. The highest BCUT2D eigenvalue weighted by atomic mass is 32.1. The maximum Gasteiger partial charge on any atom is 0.113 e. The van der Waals surface area contributed by atoms with Gasteiger partial charge in [-0.2, -0.15) is 0 Å². The molecule has 0 atom stereocenters. The minimum atomic E-state index is 0.166. The molecule has 1 saturated carbocycles. The fraction of sp³-hybridized carbons (Fsp3) is 0.786. The number of hydrogen-bond donors (Lipinski definition) is 1. The molecule has 0 saturated heterocycles. The van der Waals surface area contributed by atoms with Gasteiger partial charge in [-0.15, -0.1) is 11.3 Å². The fourth-order valence-corrected chi connectivity index (χ4v) is 4.12. The Labute approximate surface area is 109 Å². The molecule has 0 aromatic carbocycles. The van der Waals surface area contributed by atoms with Crippen molar-refractivity contribution in [2.75, 3.05) is 7.05 Å². The fourth-order valence-electron chi connectivity index (χ4n) is 2.86. The van der Waals surface area contributed by atoms with Gasteiger partial charge in [0, 0.05) is 4.88 Å². The largest absolute Gasteiger partial charge is 0.308 e. The van der Waals surface area contributed by atoms with Gasteiger partial charge in [-0.3, -0.25) is 0 Å². The number of hydrogen-bond acceptors (Lipinski definition) is 3. The zero-order chi connectivity index (χ0) is 12.3. The van der Waals surface area contributed by atoms with E-state index in [9.17, 15) is 0 Å². The molecule has 1 aromatic rings. The van der Waals surface area contributed by atoms with E-state index in [1.807, 2.05) is 11.3 Å². The Kier molecular flexibility index (Phi) is 4.21. The number of nitrogens with zero attached hydrogens (tertiary/aromatic N) is 1. The van der Waals surface area contributed by atoms with Crippen LogP contribution in [0.5, 0.6) is 0 Å². The van der Waals surface area contributed by atoms with Crippen LogP contribution in [0.1, 0.15) is 61.0 Å². The van der Waals surface area contributed by atoms with Crippen LogP contribution in [-0.2, 0) is 12.0 Å². The molecule has 0 bridgehead atoms. The van der Waals surface area contributed by atoms with Crippen LogP contribution in [0.4, 0.5) is 0 Å². The Morgan fingerprint density at radius 3 is 2.35 bits per heavy atom. The van der Waals surface area contributed by atoms with Crippen molar-refractivity contribution in [1.82, 2.24) is 10.3 Å². The molecule has 1 N–H and O–H groups in total. The molecule has 3 heteroatoms. The molecule has 0 spiro atoms. The predicted octanol–water partition coefficient (Wildman–Crippen LogP) is 3.78. The Morgan fingerprint density at radius 2 is 1.88 bits per heavy atom. The monoisotopic (exact) mass is 252 g/mol. The average molecular weight is 252 g/mol. The highest BCUT2D eigenvalue weighted by molar-refractivity contribution is 7.11. The minimum absolute atomic E-state index is 0.166. The Bertz CT molecular complexity index is 362. The van der Waals surface area contributed by atoms with E-state index in [1.54, 1.807) is 0 Å². The van der Waals surface area contributed by atoms with Gasteiger partial charge in [0.25, 0.3) is 0 Å². The molecular formula is C14H24N2S. The molecule has 1 aliphatic rings. The first-order valence-electron chi connectivity index (χ1n) is 6.87. The summed E-state index contributed by atoms with van der Waals surface area (Å²) < 4.78 is 0. The van der Waals surface area contributed by atoms with Crippen LogP contribution >= 0.6 is 11.3 Å². The van der Waals surface area contributed by atoms with Gasteiger partial charge in [0.05, 0.1) is 11.2 Å². The summed E-state index contributed by atoms with van der Waals surface area (Å²) in [6, 6.07) is 0. The number of thiazole rings is 1. The second-order valence-corrected chi connectivity index (χ2v) is 6.32. The van der Waals surface area contributed by atoms with Crippen LogP contribution in [0.3, 0.4) is 0 Å². The van der Waals surface area contributed by atoms with Crippen molar-refractivity contribution in [1.29, 1.82) is 0 Å². The second-order valence-electron chi connectivity index (χ2n) is 5.12. The van der Waals surface area contributed by atoms with Crippen LogP contribution < -0.4 is 5.32 Å². The zero-order valence-electron chi connectivity index (χ0n) is 11.3. The Hall–Kier alpha value is -0.410. The number of nitrogens with one attached hydrogen (secondary N) is 1. The normalized spacial score (nSPS) is 20.2. The van der Waals surface area contributed by atoms with E-state index in [-0.39, 0.29) is 5.54 Å². The molecule has 96 valence electrons. The standard InChI is InChI=1S/C14H24N2S/c1-4-12-11(2)17-13(16-12)14(15-3)9-7-5-6-8-10-14/h15H,4-10H2,1-3H3. The summed E-state index contributed by atoms with van der Waals surface area (Å²) in [6.45, 7) is 4.41. The third-order valence-corrected chi connectivity index (χ3v) is 5.29. The Morgan fingerprint density at radius 1 is 1.24 bits per heavy atom. The molecule has 17 heavy (non-hydrogen) atoms. The summed E-state index contributed by atoms with van der Waals surface area (Å²) in [4.78, 5) is 6.30. The van der Waals surface area contributed by atoms with Crippen molar-refractivity contribution >= 4 is 11.3 Å². The van der Waals surface area contributed by atoms with Crippen LogP contribution in [0.2, 0.25) is 0 Å². The molecule has 0 amide bonds. The van der Waals surface area contributed by atoms with Gasteiger partial charge in [-0.25, -0.2) is 4.98 Å². The van der Waals surface area contributed by atoms with Gasteiger partial charge >= 0.3 is 0 Å². The maximum absolute atomic E-state index is 4.89. The third kappa shape index (κ3) is 2.55. The molecule has 2 nitrogen and oxygen atoms in total. The molecule has 1 fully saturated rings. The molecule has 2 rings (SSSR count). The molecule has 0 aliphatic heterocycles. The van der Waals surface area contributed by atoms with Gasteiger partial charge < -0.3 is 5.32 Å². The lowest BCUT2D eigenvalue weighted by Gasteiger charge is -2.30. The van der Waals surface area contributed by atoms with Crippen molar-refractivity contribution < 1.29 is 0 Å². The van der Waals surface area contributed by atoms with Gasteiger partial charge in [0.2, 0.25) is 0 Å². The third-order valence-electron chi connectivity index (χ3n) is 4.07. The lowest BCUT2D eigenvalue weighted by Crippen LogP contribution is -2.39. The van der Waals surface area contributed by atoms with E-state index in [2.05, 4.69) is 26.2 Å². The average Bonchev–Trinajstić information content (AvgIpc) is 2.59. The molecule has 1 aliphatic carbocycles. The van der Waals surface area contributed by atoms with Crippen molar-refractivity contribution in [2.45, 2.75) is 64.3 Å². The first-order valence-corrected chi connectivity index (χ1v) is 7.69.